The van der Waals surface area contributed by atoms with Crippen molar-refractivity contribution in [3.63, 3.8) is 0 Å². The SMILES string of the molecule is Cc1cc(C(N)c2ccc(C(F)(F)F)cn2)cs1. The van der Waals surface area contributed by atoms with Gasteiger partial charge in [0, 0.05) is 11.1 Å². The van der Waals surface area contributed by atoms with Crippen LogP contribution in [0.1, 0.15) is 27.7 Å². The largest absolute Gasteiger partial charge is 0.417 e. The number of hydrogen-bond acceptors (Lipinski definition) is 3. The summed E-state index contributed by atoms with van der Waals surface area (Å²) in [4.78, 5) is 4.89. The van der Waals surface area contributed by atoms with E-state index in [0.717, 1.165) is 22.7 Å². The number of hydrogen-bond donors (Lipinski definition) is 1. The van der Waals surface area contributed by atoms with Gasteiger partial charge in [0.2, 0.25) is 0 Å². The molecule has 1 unspecified atom stereocenters. The van der Waals surface area contributed by atoms with E-state index in [1.807, 2.05) is 18.4 Å². The zero-order valence-corrected chi connectivity index (χ0v) is 10.3. The molecule has 2 N–H and O–H groups in total. The summed E-state index contributed by atoms with van der Waals surface area (Å²) >= 11 is 1.55. The average Bonchev–Trinajstić information content (AvgIpc) is 2.74. The Morgan fingerprint density at radius 3 is 2.50 bits per heavy atom. The van der Waals surface area contributed by atoms with Gasteiger partial charge in [-0.2, -0.15) is 13.2 Å². The summed E-state index contributed by atoms with van der Waals surface area (Å²) in [6.07, 6.45) is -3.55. The van der Waals surface area contributed by atoms with Crippen molar-refractivity contribution in [1.82, 2.24) is 4.98 Å². The highest BCUT2D eigenvalue weighted by Gasteiger charge is 2.30. The molecule has 2 nitrogen and oxygen atoms in total. The minimum Gasteiger partial charge on any atom is -0.319 e. The summed E-state index contributed by atoms with van der Waals surface area (Å²) in [7, 11) is 0. The van der Waals surface area contributed by atoms with Crippen LogP contribution in [-0.2, 0) is 6.18 Å². The number of halogens is 3. The van der Waals surface area contributed by atoms with Crippen molar-refractivity contribution < 1.29 is 13.2 Å². The summed E-state index contributed by atoms with van der Waals surface area (Å²) in [5.74, 6) is 0. The van der Waals surface area contributed by atoms with Crippen LogP contribution in [0.2, 0.25) is 0 Å². The molecule has 0 radical (unpaired) electrons. The molecule has 0 fully saturated rings. The van der Waals surface area contributed by atoms with Crippen molar-refractivity contribution in [3.05, 3.63) is 51.5 Å². The molecule has 0 saturated heterocycles. The molecule has 2 heterocycles. The van der Waals surface area contributed by atoms with Gasteiger partial charge in [0.25, 0.3) is 0 Å². The third-order valence-electron chi connectivity index (χ3n) is 2.54. The number of pyridine rings is 1. The zero-order chi connectivity index (χ0) is 13.3. The summed E-state index contributed by atoms with van der Waals surface area (Å²) in [6, 6.07) is 3.74. The lowest BCUT2D eigenvalue weighted by atomic mass is 10.1. The maximum Gasteiger partial charge on any atom is 0.417 e. The second-order valence-electron chi connectivity index (χ2n) is 3.94. The first-order valence-electron chi connectivity index (χ1n) is 5.21. The van der Waals surface area contributed by atoms with E-state index in [1.165, 1.54) is 6.07 Å². The van der Waals surface area contributed by atoms with E-state index in [2.05, 4.69) is 4.98 Å². The standard InChI is InChI=1S/C12H11F3N2S/c1-7-4-8(6-18-7)11(16)10-3-2-9(5-17-10)12(13,14)15/h2-6,11H,16H2,1H3. The van der Waals surface area contributed by atoms with Gasteiger partial charge in [0.05, 0.1) is 17.3 Å². The Morgan fingerprint density at radius 2 is 2.06 bits per heavy atom. The number of rotatable bonds is 2. The van der Waals surface area contributed by atoms with Gasteiger partial charge in [-0.3, -0.25) is 4.98 Å². The summed E-state index contributed by atoms with van der Waals surface area (Å²) in [5.41, 5.74) is 6.48. The lowest BCUT2D eigenvalue weighted by molar-refractivity contribution is -0.137. The van der Waals surface area contributed by atoms with Crippen LogP contribution >= 0.6 is 11.3 Å². The molecule has 0 spiro atoms. The molecular formula is C12H11F3N2S. The maximum atomic E-state index is 12.4. The maximum absolute atomic E-state index is 12.4. The molecule has 0 saturated carbocycles. The molecular weight excluding hydrogens is 261 g/mol. The minimum absolute atomic E-state index is 0.431. The summed E-state index contributed by atoms with van der Waals surface area (Å²) in [5, 5.41) is 1.89. The van der Waals surface area contributed by atoms with Crippen molar-refractivity contribution in [2.24, 2.45) is 5.73 Å². The molecule has 18 heavy (non-hydrogen) atoms. The summed E-state index contributed by atoms with van der Waals surface area (Å²) < 4.78 is 37.1. The minimum atomic E-state index is -4.37. The first-order chi connectivity index (χ1) is 8.38. The lowest BCUT2D eigenvalue weighted by Crippen LogP contribution is -2.14. The number of thiophene rings is 1. The molecule has 6 heteroatoms. The van der Waals surface area contributed by atoms with Crippen LogP contribution in [-0.4, -0.2) is 4.98 Å². The van der Waals surface area contributed by atoms with Crippen molar-refractivity contribution in [1.29, 1.82) is 0 Å². The Balaban J connectivity index is 2.24. The average molecular weight is 272 g/mol. The number of aryl methyl sites for hydroxylation is 1. The fraction of sp³-hybridized carbons (Fsp3) is 0.250. The molecule has 0 bridgehead atoms. The van der Waals surface area contributed by atoms with E-state index in [4.69, 9.17) is 5.73 Å². The summed E-state index contributed by atoms with van der Waals surface area (Å²) in [6.45, 7) is 1.95. The highest BCUT2D eigenvalue weighted by atomic mass is 32.1. The predicted molar refractivity (Wildman–Crippen MR) is 64.3 cm³/mol. The smallest absolute Gasteiger partial charge is 0.319 e. The first-order valence-corrected chi connectivity index (χ1v) is 6.09. The Kier molecular flexibility index (Phi) is 3.41. The monoisotopic (exact) mass is 272 g/mol. The molecule has 1 atom stereocenters. The second-order valence-corrected chi connectivity index (χ2v) is 5.05. The van der Waals surface area contributed by atoms with E-state index in [0.29, 0.717) is 5.69 Å². The van der Waals surface area contributed by atoms with Gasteiger partial charge in [-0.1, -0.05) is 0 Å². The van der Waals surface area contributed by atoms with Gasteiger partial charge < -0.3 is 5.73 Å². The van der Waals surface area contributed by atoms with Gasteiger partial charge in [-0.05, 0) is 36.1 Å². The van der Waals surface area contributed by atoms with Gasteiger partial charge in [0.1, 0.15) is 0 Å². The first kappa shape index (κ1) is 13.0. The number of nitrogens with two attached hydrogens (primary N) is 1. The zero-order valence-electron chi connectivity index (χ0n) is 9.53. The van der Waals surface area contributed by atoms with Gasteiger partial charge in [0.15, 0.2) is 0 Å². The van der Waals surface area contributed by atoms with Gasteiger partial charge in [-0.15, -0.1) is 11.3 Å². The fourth-order valence-corrected chi connectivity index (χ4v) is 2.30. The van der Waals surface area contributed by atoms with Crippen molar-refractivity contribution in [2.75, 3.05) is 0 Å². The lowest BCUT2D eigenvalue weighted by Gasteiger charge is -2.11. The number of alkyl halides is 3. The van der Waals surface area contributed by atoms with Crippen LogP contribution in [0, 0.1) is 6.92 Å². The Morgan fingerprint density at radius 1 is 1.33 bits per heavy atom. The topological polar surface area (TPSA) is 38.9 Å². The van der Waals surface area contributed by atoms with Crippen LogP contribution in [0.25, 0.3) is 0 Å². The van der Waals surface area contributed by atoms with Gasteiger partial charge >= 0.3 is 6.18 Å². The van der Waals surface area contributed by atoms with Crippen molar-refractivity contribution in [2.45, 2.75) is 19.1 Å². The molecule has 2 aromatic rings. The van der Waals surface area contributed by atoms with E-state index in [-0.39, 0.29) is 0 Å². The molecule has 0 aliphatic rings. The highest BCUT2D eigenvalue weighted by molar-refractivity contribution is 7.10. The molecule has 2 aromatic heterocycles. The van der Waals surface area contributed by atoms with Crippen LogP contribution in [0.4, 0.5) is 13.2 Å². The molecule has 0 aliphatic heterocycles. The third kappa shape index (κ3) is 2.70. The number of aromatic nitrogens is 1. The molecule has 2 rings (SSSR count). The fourth-order valence-electron chi connectivity index (χ4n) is 1.55. The number of nitrogens with zero attached hydrogens (tertiary/aromatic N) is 1. The van der Waals surface area contributed by atoms with Crippen LogP contribution in [0.5, 0.6) is 0 Å². The molecule has 0 aliphatic carbocycles. The van der Waals surface area contributed by atoms with E-state index < -0.39 is 17.8 Å². The third-order valence-corrected chi connectivity index (χ3v) is 3.42. The quantitative estimate of drug-likeness (QED) is 0.908. The Hall–Kier alpha value is -1.40. The van der Waals surface area contributed by atoms with E-state index >= 15 is 0 Å². The molecule has 0 aromatic carbocycles. The van der Waals surface area contributed by atoms with Gasteiger partial charge in [-0.25, -0.2) is 0 Å². The normalized spacial score (nSPS) is 13.6. The predicted octanol–water partition coefficient (Wildman–Crippen LogP) is 3.52. The highest BCUT2D eigenvalue weighted by Crippen LogP contribution is 2.30. The second kappa shape index (κ2) is 4.70. The molecule has 0 amide bonds. The van der Waals surface area contributed by atoms with E-state index in [1.54, 1.807) is 11.3 Å². The van der Waals surface area contributed by atoms with Crippen LogP contribution in [0.3, 0.4) is 0 Å². The Labute approximate surface area is 106 Å². The van der Waals surface area contributed by atoms with Crippen molar-refractivity contribution >= 4 is 11.3 Å². The molecule has 96 valence electrons. The van der Waals surface area contributed by atoms with Crippen LogP contribution in [0.15, 0.2) is 29.8 Å². The Bertz CT molecular complexity index is 531. The van der Waals surface area contributed by atoms with Crippen molar-refractivity contribution in [3.8, 4) is 0 Å². The van der Waals surface area contributed by atoms with Crippen LogP contribution < -0.4 is 5.73 Å². The van der Waals surface area contributed by atoms with E-state index in [9.17, 15) is 13.2 Å².